The molecule has 0 spiro atoms. The number of rotatable bonds is 7. The summed E-state index contributed by atoms with van der Waals surface area (Å²) in [5.74, 6) is 0.866. The smallest absolute Gasteiger partial charge is 0.224 e. The molecule has 4 heteroatoms. The highest BCUT2D eigenvalue weighted by Crippen LogP contribution is 2.08. The summed E-state index contributed by atoms with van der Waals surface area (Å²) >= 11 is 0. The third-order valence-electron chi connectivity index (χ3n) is 3.00. The van der Waals surface area contributed by atoms with Crippen molar-refractivity contribution in [1.29, 1.82) is 0 Å². The molecule has 0 bridgehead atoms. The van der Waals surface area contributed by atoms with Crippen LogP contribution in [0.4, 0.5) is 5.69 Å². The summed E-state index contributed by atoms with van der Waals surface area (Å²) in [5, 5.41) is 2.88. The Morgan fingerprint density at radius 1 is 1.05 bits per heavy atom. The van der Waals surface area contributed by atoms with Crippen LogP contribution in [0.2, 0.25) is 0 Å². The third-order valence-corrected chi connectivity index (χ3v) is 3.00. The first-order valence-electron chi connectivity index (χ1n) is 7.03. The minimum absolute atomic E-state index is 0.0134. The molecule has 2 aromatic carbocycles. The van der Waals surface area contributed by atoms with Crippen LogP contribution in [0.3, 0.4) is 0 Å². The lowest BCUT2D eigenvalue weighted by Gasteiger charge is -2.07. The van der Waals surface area contributed by atoms with Gasteiger partial charge in [-0.3, -0.25) is 4.79 Å². The largest absolute Gasteiger partial charge is 0.494 e. The SMILES string of the molecule is Nc1ccc(CC(=O)NCCCOc2ccccc2)cc1. The van der Waals surface area contributed by atoms with Crippen LogP contribution in [0.15, 0.2) is 54.6 Å². The molecule has 21 heavy (non-hydrogen) atoms. The van der Waals surface area contributed by atoms with Gasteiger partial charge in [0, 0.05) is 12.2 Å². The molecule has 3 N–H and O–H groups in total. The van der Waals surface area contributed by atoms with Gasteiger partial charge in [0.15, 0.2) is 0 Å². The van der Waals surface area contributed by atoms with E-state index in [1.54, 1.807) is 12.1 Å². The van der Waals surface area contributed by atoms with E-state index < -0.39 is 0 Å². The summed E-state index contributed by atoms with van der Waals surface area (Å²) in [5.41, 5.74) is 7.27. The van der Waals surface area contributed by atoms with E-state index >= 15 is 0 Å². The lowest BCUT2D eigenvalue weighted by molar-refractivity contribution is -0.120. The summed E-state index contributed by atoms with van der Waals surface area (Å²) in [7, 11) is 0. The second-order valence-electron chi connectivity index (χ2n) is 4.78. The molecule has 0 heterocycles. The normalized spacial score (nSPS) is 10.1. The summed E-state index contributed by atoms with van der Waals surface area (Å²) in [6.45, 7) is 1.20. The number of benzene rings is 2. The van der Waals surface area contributed by atoms with Crippen LogP contribution >= 0.6 is 0 Å². The van der Waals surface area contributed by atoms with Crippen LogP contribution in [0, 0.1) is 0 Å². The van der Waals surface area contributed by atoms with Gasteiger partial charge in [-0.15, -0.1) is 0 Å². The van der Waals surface area contributed by atoms with Crippen molar-refractivity contribution in [3.63, 3.8) is 0 Å². The van der Waals surface area contributed by atoms with Crippen molar-refractivity contribution < 1.29 is 9.53 Å². The van der Waals surface area contributed by atoms with E-state index in [1.165, 1.54) is 0 Å². The van der Waals surface area contributed by atoms with Crippen molar-refractivity contribution >= 4 is 11.6 Å². The lowest BCUT2D eigenvalue weighted by atomic mass is 10.1. The molecule has 0 aliphatic carbocycles. The summed E-state index contributed by atoms with van der Waals surface area (Å²) in [4.78, 5) is 11.7. The first-order valence-corrected chi connectivity index (χ1v) is 7.03. The van der Waals surface area contributed by atoms with Gasteiger partial charge in [-0.05, 0) is 36.2 Å². The summed E-state index contributed by atoms with van der Waals surface area (Å²) < 4.78 is 5.55. The molecule has 0 atom stereocenters. The lowest BCUT2D eigenvalue weighted by Crippen LogP contribution is -2.27. The standard InChI is InChI=1S/C17H20N2O2/c18-15-9-7-14(8-10-15)13-17(20)19-11-4-12-21-16-5-2-1-3-6-16/h1-3,5-10H,4,11-13,18H2,(H,19,20). The van der Waals surface area contributed by atoms with Gasteiger partial charge in [0.2, 0.25) is 5.91 Å². The second-order valence-corrected chi connectivity index (χ2v) is 4.78. The van der Waals surface area contributed by atoms with Crippen LogP contribution in [-0.4, -0.2) is 19.1 Å². The molecule has 0 saturated heterocycles. The number of hydrogen-bond donors (Lipinski definition) is 2. The molecular weight excluding hydrogens is 264 g/mol. The van der Waals surface area contributed by atoms with Gasteiger partial charge >= 0.3 is 0 Å². The van der Waals surface area contributed by atoms with Crippen molar-refractivity contribution in [2.75, 3.05) is 18.9 Å². The minimum atomic E-state index is 0.0134. The maximum atomic E-state index is 11.7. The van der Waals surface area contributed by atoms with E-state index in [-0.39, 0.29) is 5.91 Å². The van der Waals surface area contributed by atoms with Crippen LogP contribution in [0.25, 0.3) is 0 Å². The quantitative estimate of drug-likeness (QED) is 0.606. The van der Waals surface area contributed by atoms with Crippen LogP contribution in [0.5, 0.6) is 5.75 Å². The zero-order valence-electron chi connectivity index (χ0n) is 11.9. The molecule has 110 valence electrons. The number of nitrogens with one attached hydrogen (secondary N) is 1. The molecular formula is C17H20N2O2. The first-order chi connectivity index (χ1) is 10.2. The molecule has 0 saturated carbocycles. The van der Waals surface area contributed by atoms with E-state index in [4.69, 9.17) is 10.5 Å². The highest BCUT2D eigenvalue weighted by molar-refractivity contribution is 5.78. The number of anilines is 1. The average molecular weight is 284 g/mol. The predicted molar refractivity (Wildman–Crippen MR) is 84.1 cm³/mol. The van der Waals surface area contributed by atoms with Crippen molar-refractivity contribution in [1.82, 2.24) is 5.32 Å². The van der Waals surface area contributed by atoms with Crippen molar-refractivity contribution in [2.45, 2.75) is 12.8 Å². The molecule has 1 amide bonds. The van der Waals surface area contributed by atoms with Gasteiger partial charge in [-0.1, -0.05) is 30.3 Å². The number of ether oxygens (including phenoxy) is 1. The number of amides is 1. The van der Waals surface area contributed by atoms with Gasteiger partial charge in [-0.2, -0.15) is 0 Å². The fourth-order valence-corrected chi connectivity index (χ4v) is 1.89. The maximum Gasteiger partial charge on any atom is 0.224 e. The monoisotopic (exact) mass is 284 g/mol. The number of para-hydroxylation sites is 1. The van der Waals surface area contributed by atoms with E-state index in [2.05, 4.69) is 5.32 Å². The van der Waals surface area contributed by atoms with Crippen LogP contribution < -0.4 is 15.8 Å². The van der Waals surface area contributed by atoms with Crippen molar-refractivity contribution in [2.24, 2.45) is 0 Å². The predicted octanol–water partition coefficient (Wildman–Crippen LogP) is 2.40. The Balaban J connectivity index is 1.60. The highest BCUT2D eigenvalue weighted by Gasteiger charge is 2.02. The highest BCUT2D eigenvalue weighted by atomic mass is 16.5. The van der Waals surface area contributed by atoms with Gasteiger partial charge in [-0.25, -0.2) is 0 Å². The third kappa shape index (κ3) is 5.57. The molecule has 4 nitrogen and oxygen atoms in total. The Bertz CT molecular complexity index is 553. The topological polar surface area (TPSA) is 64.4 Å². The molecule has 0 radical (unpaired) electrons. The average Bonchev–Trinajstić information content (AvgIpc) is 2.50. The van der Waals surface area contributed by atoms with Gasteiger partial charge in [0.05, 0.1) is 13.0 Å². The van der Waals surface area contributed by atoms with Gasteiger partial charge < -0.3 is 15.8 Å². The fourth-order valence-electron chi connectivity index (χ4n) is 1.89. The molecule has 2 rings (SSSR count). The Labute approximate surface area is 124 Å². The van der Waals surface area contributed by atoms with Crippen LogP contribution in [-0.2, 0) is 11.2 Å². The number of carbonyl (C=O) groups excluding carboxylic acids is 1. The van der Waals surface area contributed by atoms with Crippen molar-refractivity contribution in [3.05, 3.63) is 60.2 Å². The number of carbonyl (C=O) groups is 1. The first kappa shape index (κ1) is 14.9. The van der Waals surface area contributed by atoms with E-state index in [9.17, 15) is 4.79 Å². The molecule has 0 aromatic heterocycles. The Kier molecular flexibility index (Phi) is 5.64. The van der Waals surface area contributed by atoms with Gasteiger partial charge in [0.25, 0.3) is 0 Å². The molecule has 0 unspecified atom stereocenters. The molecule has 2 aromatic rings. The Morgan fingerprint density at radius 2 is 1.76 bits per heavy atom. The number of hydrogen-bond acceptors (Lipinski definition) is 3. The van der Waals surface area contributed by atoms with Crippen LogP contribution in [0.1, 0.15) is 12.0 Å². The fraction of sp³-hybridized carbons (Fsp3) is 0.235. The Hall–Kier alpha value is -2.49. The number of nitrogen functional groups attached to an aromatic ring is 1. The zero-order valence-corrected chi connectivity index (χ0v) is 11.9. The molecule has 0 aliphatic heterocycles. The maximum absolute atomic E-state index is 11.7. The molecule has 0 fully saturated rings. The van der Waals surface area contributed by atoms with E-state index in [0.29, 0.717) is 25.3 Å². The molecule has 0 aliphatic rings. The van der Waals surface area contributed by atoms with Crippen molar-refractivity contribution in [3.8, 4) is 5.75 Å². The Morgan fingerprint density at radius 3 is 2.48 bits per heavy atom. The number of nitrogens with two attached hydrogens (primary N) is 1. The van der Waals surface area contributed by atoms with E-state index in [0.717, 1.165) is 17.7 Å². The van der Waals surface area contributed by atoms with E-state index in [1.807, 2.05) is 42.5 Å². The summed E-state index contributed by atoms with van der Waals surface area (Å²) in [6.07, 6.45) is 1.15. The minimum Gasteiger partial charge on any atom is -0.494 e. The van der Waals surface area contributed by atoms with Gasteiger partial charge in [0.1, 0.15) is 5.75 Å². The second kappa shape index (κ2) is 7.94. The zero-order chi connectivity index (χ0) is 14.9. The summed E-state index contributed by atoms with van der Waals surface area (Å²) in [6, 6.07) is 17.0.